The van der Waals surface area contributed by atoms with Crippen molar-refractivity contribution in [3.05, 3.63) is 107 Å². The van der Waals surface area contributed by atoms with E-state index < -0.39 is 0 Å². The molecule has 1 saturated heterocycles. The predicted octanol–water partition coefficient (Wildman–Crippen LogP) is 8.29. The number of carbonyl (C=O) groups is 1. The van der Waals surface area contributed by atoms with Crippen molar-refractivity contribution >= 4 is 40.3 Å². The Bertz CT molecular complexity index is 1480. The van der Waals surface area contributed by atoms with Gasteiger partial charge in [-0.25, -0.2) is 4.68 Å². The van der Waals surface area contributed by atoms with Crippen LogP contribution in [0.5, 0.6) is 5.75 Å². The summed E-state index contributed by atoms with van der Waals surface area (Å²) in [6, 6.07) is 28.0. The average molecular weight is 568 g/mol. The molecule has 204 valence electrons. The van der Waals surface area contributed by atoms with Crippen LogP contribution >= 0.6 is 24.0 Å². The van der Waals surface area contributed by atoms with Crippen molar-refractivity contribution in [2.75, 3.05) is 6.54 Å². The molecule has 0 spiro atoms. The van der Waals surface area contributed by atoms with Crippen molar-refractivity contribution in [3.63, 3.8) is 0 Å². The normalized spacial score (nSPS) is 14.3. The number of ether oxygens (including phenoxy) is 1. The molecule has 1 aromatic heterocycles. The molecule has 5 rings (SSSR count). The number of thiocarbonyl (C=S) groups is 1. The van der Waals surface area contributed by atoms with Gasteiger partial charge in [0.05, 0.1) is 10.6 Å². The zero-order valence-corrected chi connectivity index (χ0v) is 24.3. The monoisotopic (exact) mass is 567 g/mol. The summed E-state index contributed by atoms with van der Waals surface area (Å²) in [5.41, 5.74) is 4.60. The number of unbranched alkanes of at least 4 members (excludes halogenated alkanes) is 4. The molecule has 0 radical (unpaired) electrons. The molecular formula is C33H33N3O2S2. The lowest BCUT2D eigenvalue weighted by Crippen LogP contribution is -2.29. The number of carbonyl (C=O) groups excluding carboxylic acids is 1. The Morgan fingerprint density at radius 1 is 0.925 bits per heavy atom. The summed E-state index contributed by atoms with van der Waals surface area (Å²) in [4.78, 5) is 15.7. The number of hydrogen-bond acceptors (Lipinski definition) is 5. The van der Waals surface area contributed by atoms with Crippen LogP contribution in [0.15, 0.2) is 96.0 Å². The van der Waals surface area contributed by atoms with Crippen molar-refractivity contribution < 1.29 is 9.53 Å². The maximum absolute atomic E-state index is 13.3. The molecule has 2 heterocycles. The molecule has 0 atom stereocenters. The highest BCUT2D eigenvalue weighted by Crippen LogP contribution is 2.35. The number of benzene rings is 3. The fourth-order valence-electron chi connectivity index (χ4n) is 4.61. The van der Waals surface area contributed by atoms with Gasteiger partial charge >= 0.3 is 0 Å². The molecule has 1 amide bonds. The van der Waals surface area contributed by atoms with E-state index in [1.54, 1.807) is 4.90 Å². The van der Waals surface area contributed by atoms with Crippen LogP contribution in [0.2, 0.25) is 0 Å². The fourth-order valence-corrected chi connectivity index (χ4v) is 5.91. The first-order valence-electron chi connectivity index (χ1n) is 13.8. The average Bonchev–Trinajstić information content (AvgIpc) is 3.53. The molecular weight excluding hydrogens is 535 g/mol. The summed E-state index contributed by atoms with van der Waals surface area (Å²) in [5.74, 6) is 0.736. The van der Waals surface area contributed by atoms with Gasteiger partial charge in [-0.3, -0.25) is 9.69 Å². The minimum Gasteiger partial charge on any atom is -0.489 e. The van der Waals surface area contributed by atoms with Gasteiger partial charge in [0.15, 0.2) is 0 Å². The van der Waals surface area contributed by atoms with Crippen LogP contribution in [0.3, 0.4) is 0 Å². The molecule has 0 aliphatic carbocycles. The Kier molecular flexibility index (Phi) is 9.47. The van der Waals surface area contributed by atoms with Crippen LogP contribution in [-0.4, -0.2) is 31.5 Å². The summed E-state index contributed by atoms with van der Waals surface area (Å²) in [6.07, 6.45) is 9.59. The fraction of sp³-hybridized carbons (Fsp3) is 0.242. The number of aromatic nitrogens is 2. The highest BCUT2D eigenvalue weighted by molar-refractivity contribution is 8.26. The molecule has 1 aliphatic rings. The van der Waals surface area contributed by atoms with Gasteiger partial charge in [0, 0.05) is 23.9 Å². The van der Waals surface area contributed by atoms with Gasteiger partial charge in [-0.15, -0.1) is 0 Å². The van der Waals surface area contributed by atoms with Crippen LogP contribution in [0.1, 0.15) is 50.2 Å². The number of rotatable bonds is 12. The van der Waals surface area contributed by atoms with E-state index in [1.165, 1.54) is 31.0 Å². The number of thioether (sulfide) groups is 1. The molecule has 0 saturated carbocycles. The SMILES string of the molecule is CCCCCCCN1C(=O)/C(=C/c2cn(-c3ccccc3)nc2-c2cccc(OCc3ccccc3)c2)SC1=S. The summed E-state index contributed by atoms with van der Waals surface area (Å²) < 4.78 is 8.57. The Hall–Kier alpha value is -3.68. The predicted molar refractivity (Wildman–Crippen MR) is 168 cm³/mol. The third-order valence-corrected chi connectivity index (χ3v) is 8.14. The van der Waals surface area contributed by atoms with Crippen molar-refractivity contribution in [2.45, 2.75) is 45.6 Å². The lowest BCUT2D eigenvalue weighted by atomic mass is 10.1. The largest absolute Gasteiger partial charge is 0.489 e. The Labute approximate surface area is 245 Å². The summed E-state index contributed by atoms with van der Waals surface area (Å²) >= 11 is 6.97. The highest BCUT2D eigenvalue weighted by atomic mass is 32.2. The minimum absolute atomic E-state index is 0.0242. The second-order valence-electron chi connectivity index (χ2n) is 9.76. The van der Waals surface area contributed by atoms with Crippen molar-refractivity contribution in [2.24, 2.45) is 0 Å². The molecule has 40 heavy (non-hydrogen) atoms. The van der Waals surface area contributed by atoms with Crippen LogP contribution < -0.4 is 4.74 Å². The minimum atomic E-state index is -0.0242. The molecule has 0 bridgehead atoms. The number of hydrogen-bond donors (Lipinski definition) is 0. The summed E-state index contributed by atoms with van der Waals surface area (Å²) in [6.45, 7) is 3.36. The Morgan fingerprint density at radius 3 is 2.45 bits per heavy atom. The first-order chi connectivity index (χ1) is 19.6. The lowest BCUT2D eigenvalue weighted by molar-refractivity contribution is -0.122. The first kappa shape index (κ1) is 27.9. The molecule has 4 aromatic rings. The maximum atomic E-state index is 13.3. The summed E-state index contributed by atoms with van der Waals surface area (Å²) in [7, 11) is 0. The molecule has 5 nitrogen and oxygen atoms in total. The zero-order valence-electron chi connectivity index (χ0n) is 22.7. The van der Waals surface area contributed by atoms with E-state index in [4.69, 9.17) is 22.1 Å². The van der Waals surface area contributed by atoms with Gasteiger partial charge in [-0.2, -0.15) is 5.10 Å². The second kappa shape index (κ2) is 13.6. The van der Waals surface area contributed by atoms with Gasteiger partial charge < -0.3 is 4.74 Å². The van der Waals surface area contributed by atoms with Gasteiger partial charge in [0.25, 0.3) is 5.91 Å². The Balaban J connectivity index is 1.42. The standard InChI is InChI=1S/C33H33N3O2S2/c1-2-3-4-5-12-20-35-32(37)30(40-33(35)39)22-27-23-36(28-17-10-7-11-18-28)34-31(27)26-16-13-19-29(21-26)38-24-25-14-8-6-9-15-25/h6-11,13-19,21-23H,2-5,12,20,24H2,1H3/b30-22-. The lowest BCUT2D eigenvalue weighted by Gasteiger charge is -2.13. The highest BCUT2D eigenvalue weighted by Gasteiger charge is 2.32. The zero-order chi connectivity index (χ0) is 27.7. The van der Waals surface area contributed by atoms with Crippen molar-refractivity contribution in [1.29, 1.82) is 0 Å². The number of amides is 1. The van der Waals surface area contributed by atoms with E-state index in [9.17, 15) is 4.79 Å². The maximum Gasteiger partial charge on any atom is 0.266 e. The van der Waals surface area contributed by atoms with Crippen LogP contribution in [-0.2, 0) is 11.4 Å². The molecule has 7 heteroatoms. The van der Waals surface area contributed by atoms with Crippen LogP contribution in [0, 0.1) is 0 Å². The van der Waals surface area contributed by atoms with Crippen molar-refractivity contribution in [1.82, 2.24) is 14.7 Å². The molecule has 0 unspecified atom stereocenters. The number of para-hydroxylation sites is 1. The van der Waals surface area contributed by atoms with Gasteiger partial charge in [0.2, 0.25) is 0 Å². The quantitative estimate of drug-likeness (QED) is 0.0979. The first-order valence-corrected chi connectivity index (χ1v) is 15.0. The topological polar surface area (TPSA) is 47.4 Å². The molecule has 3 aromatic carbocycles. The van der Waals surface area contributed by atoms with Crippen LogP contribution in [0.4, 0.5) is 0 Å². The van der Waals surface area contributed by atoms with Gasteiger partial charge in [0.1, 0.15) is 22.4 Å². The summed E-state index contributed by atoms with van der Waals surface area (Å²) in [5, 5.41) is 4.94. The third-order valence-electron chi connectivity index (χ3n) is 6.76. The van der Waals surface area contributed by atoms with E-state index >= 15 is 0 Å². The molecule has 0 N–H and O–H groups in total. The molecule has 1 aliphatic heterocycles. The number of nitrogens with zero attached hydrogens (tertiary/aromatic N) is 3. The van der Waals surface area contributed by atoms with Crippen molar-refractivity contribution in [3.8, 4) is 22.7 Å². The second-order valence-corrected chi connectivity index (χ2v) is 11.4. The van der Waals surface area contributed by atoms with E-state index in [0.717, 1.165) is 46.7 Å². The Morgan fingerprint density at radius 2 is 1.68 bits per heavy atom. The smallest absolute Gasteiger partial charge is 0.266 e. The molecule has 1 fully saturated rings. The van der Waals surface area contributed by atoms with E-state index in [0.29, 0.717) is 22.4 Å². The van der Waals surface area contributed by atoms with Gasteiger partial charge in [-0.05, 0) is 42.3 Å². The van der Waals surface area contributed by atoms with E-state index in [-0.39, 0.29) is 5.91 Å². The van der Waals surface area contributed by atoms with Crippen LogP contribution in [0.25, 0.3) is 23.0 Å². The van der Waals surface area contributed by atoms with E-state index in [2.05, 4.69) is 6.92 Å². The van der Waals surface area contributed by atoms with Gasteiger partial charge in [-0.1, -0.05) is 117 Å². The third kappa shape index (κ3) is 6.90. The van der Waals surface area contributed by atoms with E-state index in [1.807, 2.05) is 102 Å².